The fourth-order valence-corrected chi connectivity index (χ4v) is 6.78. The summed E-state index contributed by atoms with van der Waals surface area (Å²) in [5, 5.41) is 3.86. The molecular weight excluding hydrogens is 416 g/mol. The number of rotatable bonds is 7. The molecule has 2 aliphatic rings. The Kier molecular flexibility index (Phi) is 8.09. The van der Waals surface area contributed by atoms with Crippen molar-refractivity contribution < 1.29 is 13.2 Å². The standard InChI is InChI=1S/C20H29ClN2O3S2/c21-19-10-9-17(28(25,26)23-12-5-1-2-6-13-23)15-18(19)20(24)22-11-14-27-16-7-3-4-8-16/h9-10,15-16H,1-8,11-14H2,(H,22,24). The average Bonchev–Trinajstić information content (AvgIpc) is 3.04. The molecule has 1 aliphatic carbocycles. The molecule has 0 aromatic heterocycles. The van der Waals surface area contributed by atoms with Crippen molar-refractivity contribution in [2.75, 3.05) is 25.4 Å². The number of nitrogens with one attached hydrogen (secondary N) is 1. The molecule has 1 amide bonds. The van der Waals surface area contributed by atoms with Crippen molar-refractivity contribution in [2.24, 2.45) is 0 Å². The molecule has 5 nitrogen and oxygen atoms in total. The van der Waals surface area contributed by atoms with Gasteiger partial charge in [0.05, 0.1) is 15.5 Å². The van der Waals surface area contributed by atoms with Gasteiger partial charge in [-0.05, 0) is 43.9 Å². The molecule has 1 saturated heterocycles. The van der Waals surface area contributed by atoms with E-state index >= 15 is 0 Å². The summed E-state index contributed by atoms with van der Waals surface area (Å²) in [7, 11) is -3.60. The van der Waals surface area contributed by atoms with Crippen LogP contribution in [0.1, 0.15) is 61.7 Å². The summed E-state index contributed by atoms with van der Waals surface area (Å²) in [6, 6.07) is 4.42. The molecule has 0 bridgehead atoms. The van der Waals surface area contributed by atoms with E-state index in [2.05, 4.69) is 5.32 Å². The molecule has 1 aromatic rings. The van der Waals surface area contributed by atoms with Gasteiger partial charge >= 0.3 is 0 Å². The molecule has 0 radical (unpaired) electrons. The van der Waals surface area contributed by atoms with E-state index in [0.717, 1.165) is 31.4 Å². The Hall–Kier alpha value is -0.760. The van der Waals surface area contributed by atoms with Crippen LogP contribution in [-0.4, -0.2) is 49.3 Å². The summed E-state index contributed by atoms with van der Waals surface area (Å²) in [6.45, 7) is 1.62. The lowest BCUT2D eigenvalue weighted by Crippen LogP contribution is -2.32. The summed E-state index contributed by atoms with van der Waals surface area (Å²) in [5.41, 5.74) is 0.225. The Labute approximate surface area is 177 Å². The van der Waals surface area contributed by atoms with E-state index in [1.807, 2.05) is 11.8 Å². The first-order valence-corrected chi connectivity index (χ1v) is 13.0. The smallest absolute Gasteiger partial charge is 0.252 e. The topological polar surface area (TPSA) is 66.5 Å². The molecule has 3 rings (SSSR count). The van der Waals surface area contributed by atoms with E-state index in [4.69, 9.17) is 11.6 Å². The van der Waals surface area contributed by atoms with E-state index in [1.54, 1.807) is 0 Å². The maximum absolute atomic E-state index is 13.0. The largest absolute Gasteiger partial charge is 0.351 e. The van der Waals surface area contributed by atoms with Crippen molar-refractivity contribution in [1.82, 2.24) is 9.62 Å². The highest BCUT2D eigenvalue weighted by Gasteiger charge is 2.26. The number of carbonyl (C=O) groups is 1. The van der Waals surface area contributed by atoms with Crippen LogP contribution in [0.3, 0.4) is 0 Å². The predicted octanol–water partition coefficient (Wildman–Crippen LogP) is 4.31. The second-order valence-corrected chi connectivity index (χ2v) is 11.2. The molecule has 156 valence electrons. The number of halogens is 1. The van der Waals surface area contributed by atoms with Crippen LogP contribution in [0.25, 0.3) is 0 Å². The molecule has 1 aromatic carbocycles. The fraction of sp³-hybridized carbons (Fsp3) is 0.650. The minimum Gasteiger partial charge on any atom is -0.351 e. The van der Waals surface area contributed by atoms with Crippen LogP contribution < -0.4 is 5.32 Å². The quantitative estimate of drug-likeness (QED) is 0.636. The summed E-state index contributed by atoms with van der Waals surface area (Å²) in [6.07, 6.45) is 8.99. The minimum atomic E-state index is -3.60. The zero-order chi connectivity index (χ0) is 20.0. The number of hydrogen-bond donors (Lipinski definition) is 1. The number of amides is 1. The Bertz CT molecular complexity index is 772. The predicted molar refractivity (Wildman–Crippen MR) is 116 cm³/mol. The summed E-state index contributed by atoms with van der Waals surface area (Å²) in [5.74, 6) is 0.546. The molecule has 1 heterocycles. The monoisotopic (exact) mass is 444 g/mol. The first-order valence-electron chi connectivity index (χ1n) is 10.2. The first-order chi connectivity index (χ1) is 13.5. The number of thioether (sulfide) groups is 1. The first kappa shape index (κ1) is 21.9. The van der Waals surface area contributed by atoms with Crippen LogP contribution in [0.2, 0.25) is 5.02 Å². The lowest BCUT2D eigenvalue weighted by atomic mass is 10.2. The average molecular weight is 445 g/mol. The van der Waals surface area contributed by atoms with Gasteiger partial charge in [-0.2, -0.15) is 16.1 Å². The third-order valence-corrected chi connectivity index (χ3v) is 9.04. The Morgan fingerprint density at radius 1 is 1.11 bits per heavy atom. The van der Waals surface area contributed by atoms with Crippen molar-refractivity contribution >= 4 is 39.3 Å². The third kappa shape index (κ3) is 5.65. The Balaban J connectivity index is 1.63. The van der Waals surface area contributed by atoms with Gasteiger partial charge in [0.15, 0.2) is 0 Å². The van der Waals surface area contributed by atoms with Gasteiger partial charge in [-0.1, -0.05) is 37.3 Å². The molecule has 1 N–H and O–H groups in total. The maximum atomic E-state index is 13.0. The van der Waals surface area contributed by atoms with E-state index < -0.39 is 10.0 Å². The lowest BCUT2D eigenvalue weighted by Gasteiger charge is -2.20. The SMILES string of the molecule is O=C(NCCSC1CCCC1)c1cc(S(=O)(=O)N2CCCCCC2)ccc1Cl. The molecule has 8 heteroatoms. The second-order valence-electron chi connectivity index (χ2n) is 7.49. The Morgan fingerprint density at radius 2 is 1.79 bits per heavy atom. The van der Waals surface area contributed by atoms with Crippen molar-refractivity contribution in [3.8, 4) is 0 Å². The molecule has 2 fully saturated rings. The lowest BCUT2D eigenvalue weighted by molar-refractivity contribution is 0.0956. The molecule has 0 atom stereocenters. The fourth-order valence-electron chi connectivity index (χ4n) is 3.81. The Morgan fingerprint density at radius 3 is 2.46 bits per heavy atom. The molecule has 28 heavy (non-hydrogen) atoms. The number of carbonyl (C=O) groups excluding carboxylic acids is 1. The van der Waals surface area contributed by atoms with Crippen LogP contribution >= 0.6 is 23.4 Å². The summed E-state index contributed by atoms with van der Waals surface area (Å²) >= 11 is 8.10. The van der Waals surface area contributed by atoms with Crippen molar-refractivity contribution in [3.05, 3.63) is 28.8 Å². The van der Waals surface area contributed by atoms with Crippen LogP contribution in [0.15, 0.2) is 23.1 Å². The van der Waals surface area contributed by atoms with Crippen LogP contribution in [0, 0.1) is 0 Å². The number of nitrogens with zero attached hydrogens (tertiary/aromatic N) is 1. The van der Waals surface area contributed by atoms with E-state index in [1.165, 1.54) is 48.2 Å². The minimum absolute atomic E-state index is 0.143. The van der Waals surface area contributed by atoms with Crippen LogP contribution in [-0.2, 0) is 10.0 Å². The van der Waals surface area contributed by atoms with E-state index in [9.17, 15) is 13.2 Å². The van der Waals surface area contributed by atoms with Crippen molar-refractivity contribution in [2.45, 2.75) is 61.5 Å². The van der Waals surface area contributed by atoms with Crippen LogP contribution in [0.4, 0.5) is 0 Å². The molecular formula is C20H29ClN2O3S2. The summed E-state index contributed by atoms with van der Waals surface area (Å²) in [4.78, 5) is 12.7. The van der Waals surface area contributed by atoms with Gasteiger partial charge in [0.1, 0.15) is 0 Å². The van der Waals surface area contributed by atoms with Gasteiger partial charge in [-0.25, -0.2) is 8.42 Å². The van der Waals surface area contributed by atoms with Gasteiger partial charge in [0, 0.05) is 30.6 Å². The van der Waals surface area contributed by atoms with Gasteiger partial charge in [0.2, 0.25) is 10.0 Å². The van der Waals surface area contributed by atoms with Gasteiger partial charge in [-0.15, -0.1) is 0 Å². The zero-order valence-electron chi connectivity index (χ0n) is 16.2. The van der Waals surface area contributed by atoms with Gasteiger partial charge in [0.25, 0.3) is 5.91 Å². The number of sulfonamides is 1. The van der Waals surface area contributed by atoms with Crippen molar-refractivity contribution in [3.63, 3.8) is 0 Å². The summed E-state index contributed by atoms with van der Waals surface area (Å²) < 4.78 is 27.5. The maximum Gasteiger partial charge on any atom is 0.252 e. The van der Waals surface area contributed by atoms with E-state index in [0.29, 0.717) is 24.9 Å². The normalized spacial score (nSPS) is 19.5. The highest BCUT2D eigenvalue weighted by Crippen LogP contribution is 2.29. The van der Waals surface area contributed by atoms with Gasteiger partial charge < -0.3 is 5.32 Å². The number of hydrogen-bond acceptors (Lipinski definition) is 4. The number of benzene rings is 1. The van der Waals surface area contributed by atoms with Crippen molar-refractivity contribution in [1.29, 1.82) is 0 Å². The van der Waals surface area contributed by atoms with Gasteiger partial charge in [-0.3, -0.25) is 4.79 Å². The molecule has 1 aliphatic heterocycles. The van der Waals surface area contributed by atoms with E-state index in [-0.39, 0.29) is 21.4 Å². The molecule has 0 spiro atoms. The molecule has 1 saturated carbocycles. The molecule has 0 unspecified atom stereocenters. The third-order valence-electron chi connectivity index (χ3n) is 5.43. The second kappa shape index (κ2) is 10.3. The highest BCUT2D eigenvalue weighted by atomic mass is 35.5. The highest BCUT2D eigenvalue weighted by molar-refractivity contribution is 7.99. The zero-order valence-corrected chi connectivity index (χ0v) is 18.6. The van der Waals surface area contributed by atoms with Crippen LogP contribution in [0.5, 0.6) is 0 Å².